The molecule has 2 heterocycles. The van der Waals surface area contributed by atoms with Crippen molar-refractivity contribution in [2.45, 2.75) is 19.9 Å². The maximum atomic E-state index is 11.8. The van der Waals surface area contributed by atoms with Crippen LogP contribution in [0.4, 0.5) is 11.4 Å². The third-order valence-corrected chi connectivity index (χ3v) is 6.32. The first kappa shape index (κ1) is 20.3. The van der Waals surface area contributed by atoms with E-state index >= 15 is 0 Å². The number of nitrogens with one attached hydrogen (secondary N) is 1. The topological polar surface area (TPSA) is 55.6 Å². The van der Waals surface area contributed by atoms with Crippen molar-refractivity contribution < 1.29 is 9.53 Å². The molecule has 5 nitrogen and oxygen atoms in total. The Morgan fingerprint density at radius 1 is 1.03 bits per heavy atom. The van der Waals surface area contributed by atoms with Crippen LogP contribution in [0.5, 0.6) is 5.75 Å². The van der Waals surface area contributed by atoms with Gasteiger partial charge in [-0.15, -0.1) is 11.3 Å². The number of thiazole rings is 1. The summed E-state index contributed by atoms with van der Waals surface area (Å²) in [6.45, 7) is 2.90. The molecule has 1 N–H and O–H groups in total. The minimum atomic E-state index is -0.136. The highest BCUT2D eigenvalue weighted by Gasteiger charge is 2.18. The summed E-state index contributed by atoms with van der Waals surface area (Å²) in [6.07, 6.45) is 1.01. The number of nitrogens with zero attached hydrogens (tertiary/aromatic N) is 2. The molecule has 3 aromatic carbocycles. The van der Waals surface area contributed by atoms with E-state index in [-0.39, 0.29) is 12.5 Å². The molecular weight excluding hydrogens is 418 g/mol. The highest BCUT2D eigenvalue weighted by molar-refractivity contribution is 7.07. The van der Waals surface area contributed by atoms with Gasteiger partial charge in [0.05, 0.1) is 23.6 Å². The predicted molar refractivity (Wildman–Crippen MR) is 128 cm³/mol. The number of aryl methyl sites for hydroxylation is 1. The van der Waals surface area contributed by atoms with Gasteiger partial charge in [0, 0.05) is 10.9 Å². The molecule has 1 aromatic heterocycles. The Labute approximate surface area is 190 Å². The van der Waals surface area contributed by atoms with Gasteiger partial charge in [-0.25, -0.2) is 4.99 Å². The maximum absolute atomic E-state index is 11.8. The summed E-state index contributed by atoms with van der Waals surface area (Å²) < 4.78 is 7.74. The van der Waals surface area contributed by atoms with Crippen molar-refractivity contribution in [2.75, 3.05) is 11.9 Å². The fourth-order valence-electron chi connectivity index (χ4n) is 3.73. The van der Waals surface area contributed by atoms with Gasteiger partial charge in [-0.3, -0.25) is 4.79 Å². The van der Waals surface area contributed by atoms with E-state index in [1.807, 2.05) is 36.4 Å². The normalized spacial score (nSPS) is 13.4. The fourth-order valence-corrected chi connectivity index (χ4v) is 4.66. The summed E-state index contributed by atoms with van der Waals surface area (Å²) in [5, 5.41) is 5.02. The lowest BCUT2D eigenvalue weighted by molar-refractivity contribution is -0.118. The zero-order chi connectivity index (χ0) is 21.9. The summed E-state index contributed by atoms with van der Waals surface area (Å²) in [4.78, 5) is 17.6. The second-order valence-corrected chi connectivity index (χ2v) is 8.49. The molecular formula is C26H23N3O2S. The van der Waals surface area contributed by atoms with Gasteiger partial charge in [-0.2, -0.15) is 0 Å². The molecule has 1 aliphatic heterocycles. The van der Waals surface area contributed by atoms with Crippen LogP contribution in [0.15, 0.2) is 83.2 Å². The number of carbonyl (C=O) groups is 1. The van der Waals surface area contributed by atoms with Crippen molar-refractivity contribution in [1.29, 1.82) is 0 Å². The second-order valence-electron chi connectivity index (χ2n) is 7.65. The smallest absolute Gasteiger partial charge is 0.262 e. The lowest BCUT2D eigenvalue weighted by Gasteiger charge is -2.19. The quantitative estimate of drug-likeness (QED) is 0.451. The average molecular weight is 442 g/mol. The Balaban J connectivity index is 1.60. The predicted octanol–water partition coefficient (Wildman–Crippen LogP) is 5.39. The molecule has 0 unspecified atom stereocenters. The van der Waals surface area contributed by atoms with Gasteiger partial charge in [0.25, 0.3) is 5.91 Å². The van der Waals surface area contributed by atoms with Crippen LogP contribution >= 0.6 is 11.3 Å². The first-order chi connectivity index (χ1) is 15.7. The van der Waals surface area contributed by atoms with Gasteiger partial charge >= 0.3 is 0 Å². The number of ether oxygens (including phenoxy) is 1. The number of rotatable bonds is 5. The highest BCUT2D eigenvalue weighted by atomic mass is 32.1. The van der Waals surface area contributed by atoms with Crippen LogP contribution in [0.25, 0.3) is 11.3 Å². The molecule has 5 rings (SSSR count). The van der Waals surface area contributed by atoms with Crippen LogP contribution in [0.1, 0.15) is 18.1 Å². The SMILES string of the molecule is CCc1ccc(N=c2scc(-c3ccc4c(c3)NC(=O)CO4)n2Cc2ccccc2)cc1. The number of fused-ring (bicyclic) bond motifs is 1. The van der Waals surface area contributed by atoms with Crippen LogP contribution in [0.3, 0.4) is 0 Å². The van der Waals surface area contributed by atoms with Crippen LogP contribution in [0, 0.1) is 0 Å². The molecule has 0 atom stereocenters. The van der Waals surface area contributed by atoms with Crippen molar-refractivity contribution in [1.82, 2.24) is 4.57 Å². The summed E-state index contributed by atoms with van der Waals surface area (Å²) in [5.41, 5.74) is 6.18. The molecule has 0 saturated heterocycles. The minimum absolute atomic E-state index is 0.0542. The van der Waals surface area contributed by atoms with Crippen LogP contribution in [-0.2, 0) is 17.8 Å². The van der Waals surface area contributed by atoms with Gasteiger partial charge < -0.3 is 14.6 Å². The molecule has 160 valence electrons. The minimum Gasteiger partial charge on any atom is -0.482 e. The third-order valence-electron chi connectivity index (χ3n) is 5.46. The Hall–Kier alpha value is -3.64. The first-order valence-electron chi connectivity index (χ1n) is 10.6. The van der Waals surface area contributed by atoms with Crippen LogP contribution in [0.2, 0.25) is 0 Å². The molecule has 0 saturated carbocycles. The molecule has 0 radical (unpaired) electrons. The van der Waals surface area contributed by atoms with E-state index < -0.39 is 0 Å². The molecule has 1 amide bonds. The lowest BCUT2D eigenvalue weighted by Crippen LogP contribution is -2.25. The Morgan fingerprint density at radius 2 is 1.84 bits per heavy atom. The van der Waals surface area contributed by atoms with Crippen molar-refractivity contribution >= 4 is 28.6 Å². The van der Waals surface area contributed by atoms with Gasteiger partial charge in [0.1, 0.15) is 5.75 Å². The fraction of sp³-hybridized carbons (Fsp3) is 0.154. The van der Waals surface area contributed by atoms with Gasteiger partial charge in [-0.05, 0) is 47.9 Å². The van der Waals surface area contributed by atoms with Gasteiger partial charge in [0.15, 0.2) is 11.4 Å². The number of hydrogen-bond donors (Lipinski definition) is 1. The zero-order valence-corrected chi connectivity index (χ0v) is 18.6. The zero-order valence-electron chi connectivity index (χ0n) is 17.7. The Bertz CT molecular complexity index is 1320. The molecule has 32 heavy (non-hydrogen) atoms. The van der Waals surface area contributed by atoms with E-state index in [0.717, 1.165) is 28.2 Å². The summed E-state index contributed by atoms with van der Waals surface area (Å²) >= 11 is 1.61. The summed E-state index contributed by atoms with van der Waals surface area (Å²) in [5.74, 6) is 0.558. The van der Waals surface area contributed by atoms with Crippen LogP contribution < -0.4 is 14.9 Å². The lowest BCUT2D eigenvalue weighted by atomic mass is 10.1. The van der Waals surface area contributed by atoms with Gasteiger partial charge in [0.2, 0.25) is 0 Å². The molecule has 6 heteroatoms. The second kappa shape index (κ2) is 8.85. The van der Waals surface area contributed by atoms with Crippen molar-refractivity contribution in [3.8, 4) is 17.0 Å². The molecule has 0 aliphatic carbocycles. The van der Waals surface area contributed by atoms with Gasteiger partial charge in [-0.1, -0.05) is 49.4 Å². The van der Waals surface area contributed by atoms with Crippen molar-refractivity contribution in [3.63, 3.8) is 0 Å². The van der Waals surface area contributed by atoms with E-state index in [2.05, 4.69) is 58.6 Å². The van der Waals surface area contributed by atoms with E-state index in [9.17, 15) is 4.79 Å². The number of benzene rings is 3. The summed E-state index contributed by atoms with van der Waals surface area (Å²) in [6, 6.07) is 24.7. The monoisotopic (exact) mass is 441 g/mol. The standard InChI is InChI=1S/C26H23N3O2S/c1-2-18-8-11-21(12-9-18)27-26-29(15-19-6-4-3-5-7-19)23(17-32-26)20-10-13-24-22(14-20)28-25(30)16-31-24/h3-14,17H,2,15-16H2,1H3,(H,28,30). The number of amides is 1. The molecule has 0 fully saturated rings. The Morgan fingerprint density at radius 3 is 2.62 bits per heavy atom. The highest BCUT2D eigenvalue weighted by Crippen LogP contribution is 2.33. The summed E-state index contributed by atoms with van der Waals surface area (Å²) in [7, 11) is 0. The van der Waals surface area contributed by atoms with E-state index in [0.29, 0.717) is 18.0 Å². The largest absolute Gasteiger partial charge is 0.482 e. The van der Waals surface area contributed by atoms with E-state index in [1.165, 1.54) is 11.1 Å². The van der Waals surface area contributed by atoms with Crippen LogP contribution in [-0.4, -0.2) is 17.1 Å². The first-order valence-corrected chi connectivity index (χ1v) is 11.5. The van der Waals surface area contributed by atoms with Crippen molar-refractivity contribution in [3.05, 3.63) is 94.1 Å². The number of aromatic nitrogens is 1. The van der Waals surface area contributed by atoms with E-state index in [4.69, 9.17) is 9.73 Å². The number of anilines is 1. The molecule has 0 spiro atoms. The molecule has 0 bridgehead atoms. The maximum Gasteiger partial charge on any atom is 0.262 e. The number of hydrogen-bond acceptors (Lipinski definition) is 4. The number of carbonyl (C=O) groups excluding carboxylic acids is 1. The van der Waals surface area contributed by atoms with E-state index in [1.54, 1.807) is 11.3 Å². The van der Waals surface area contributed by atoms with Crippen molar-refractivity contribution in [2.24, 2.45) is 4.99 Å². The third kappa shape index (κ3) is 4.22. The average Bonchev–Trinajstić information content (AvgIpc) is 3.21. The molecule has 4 aromatic rings. The molecule has 1 aliphatic rings. The Kier molecular flexibility index (Phi) is 5.60.